The number of hydrogen-bond acceptors (Lipinski definition) is 3. The van der Waals surface area contributed by atoms with Crippen LogP contribution in [0.3, 0.4) is 0 Å². The molecule has 0 radical (unpaired) electrons. The predicted octanol–water partition coefficient (Wildman–Crippen LogP) is 3.13. The van der Waals surface area contributed by atoms with Crippen LogP contribution in [0, 0.1) is 11.3 Å². The van der Waals surface area contributed by atoms with Crippen LogP contribution in [0.25, 0.3) is 17.0 Å². The number of fused-ring (bicyclic) bond motifs is 1. The highest BCUT2D eigenvalue weighted by Gasteiger charge is 2.17. The Labute approximate surface area is 142 Å². The lowest BCUT2D eigenvalue weighted by molar-refractivity contribution is -0.117. The van der Waals surface area contributed by atoms with E-state index in [1.807, 2.05) is 24.3 Å². The number of H-pyrrole nitrogens is 1. The van der Waals surface area contributed by atoms with Gasteiger partial charge in [-0.3, -0.25) is 4.79 Å². The van der Waals surface area contributed by atoms with E-state index in [1.165, 1.54) is 0 Å². The molecule has 1 aliphatic heterocycles. The molecule has 1 aromatic heterocycles. The molecular formula is C17H16BrN3O2. The summed E-state index contributed by atoms with van der Waals surface area (Å²) >= 11 is 3.43. The number of aromatic nitrogens is 1. The molecule has 2 aromatic rings. The number of nitrogens with one attached hydrogen (secondary N) is 2. The SMILES string of the molecule is N#C/C(=C\c1c[nH]c2ccc(Br)cc12)C(=O)NC[C@@H]1CCCO1. The largest absolute Gasteiger partial charge is 0.376 e. The summed E-state index contributed by atoms with van der Waals surface area (Å²) in [5, 5.41) is 13.0. The minimum Gasteiger partial charge on any atom is -0.376 e. The van der Waals surface area contributed by atoms with E-state index in [0.717, 1.165) is 40.4 Å². The van der Waals surface area contributed by atoms with Crippen LogP contribution >= 0.6 is 15.9 Å². The predicted molar refractivity (Wildman–Crippen MR) is 91.6 cm³/mol. The van der Waals surface area contributed by atoms with Gasteiger partial charge in [-0.2, -0.15) is 5.26 Å². The first kappa shape index (κ1) is 15.8. The van der Waals surface area contributed by atoms with E-state index in [0.29, 0.717) is 6.54 Å². The first-order chi connectivity index (χ1) is 11.2. The second-order valence-corrected chi connectivity index (χ2v) is 6.36. The van der Waals surface area contributed by atoms with Crippen molar-refractivity contribution in [1.82, 2.24) is 10.3 Å². The minimum absolute atomic E-state index is 0.0583. The first-order valence-electron chi connectivity index (χ1n) is 7.45. The van der Waals surface area contributed by atoms with Crippen LogP contribution in [-0.4, -0.2) is 30.1 Å². The fourth-order valence-corrected chi connectivity index (χ4v) is 3.01. The van der Waals surface area contributed by atoms with Gasteiger partial charge in [0.1, 0.15) is 11.6 Å². The van der Waals surface area contributed by atoms with Gasteiger partial charge >= 0.3 is 0 Å². The van der Waals surface area contributed by atoms with Crippen molar-refractivity contribution < 1.29 is 9.53 Å². The van der Waals surface area contributed by atoms with Crippen LogP contribution in [0.1, 0.15) is 18.4 Å². The lowest BCUT2D eigenvalue weighted by atomic mass is 10.1. The maximum absolute atomic E-state index is 12.2. The Morgan fingerprint density at radius 3 is 3.17 bits per heavy atom. The quantitative estimate of drug-likeness (QED) is 0.638. The van der Waals surface area contributed by atoms with Gasteiger partial charge in [-0.05, 0) is 37.1 Å². The molecule has 3 rings (SSSR count). The maximum atomic E-state index is 12.2. The molecule has 0 saturated carbocycles. The van der Waals surface area contributed by atoms with E-state index in [2.05, 4.69) is 26.2 Å². The highest BCUT2D eigenvalue weighted by atomic mass is 79.9. The molecule has 1 amide bonds. The molecule has 6 heteroatoms. The summed E-state index contributed by atoms with van der Waals surface area (Å²) in [6.45, 7) is 1.18. The zero-order valence-corrected chi connectivity index (χ0v) is 14.0. The summed E-state index contributed by atoms with van der Waals surface area (Å²) in [5.74, 6) is -0.368. The number of hydrogen-bond donors (Lipinski definition) is 2. The van der Waals surface area contributed by atoms with Crippen LogP contribution in [0.4, 0.5) is 0 Å². The smallest absolute Gasteiger partial charge is 0.262 e. The highest BCUT2D eigenvalue weighted by molar-refractivity contribution is 9.10. The number of carbonyl (C=O) groups is 1. The van der Waals surface area contributed by atoms with Crippen molar-refractivity contribution in [2.75, 3.05) is 13.2 Å². The molecule has 1 atom stereocenters. The van der Waals surface area contributed by atoms with Gasteiger partial charge in [0.25, 0.3) is 5.91 Å². The van der Waals surface area contributed by atoms with Crippen molar-refractivity contribution in [3.8, 4) is 6.07 Å². The number of nitriles is 1. The van der Waals surface area contributed by atoms with Gasteiger partial charge in [-0.25, -0.2) is 0 Å². The van der Waals surface area contributed by atoms with E-state index in [1.54, 1.807) is 12.3 Å². The van der Waals surface area contributed by atoms with Crippen molar-refractivity contribution in [2.24, 2.45) is 0 Å². The third-order valence-electron chi connectivity index (χ3n) is 3.85. The second-order valence-electron chi connectivity index (χ2n) is 5.45. The van der Waals surface area contributed by atoms with E-state index in [4.69, 9.17) is 4.74 Å². The fourth-order valence-electron chi connectivity index (χ4n) is 2.65. The number of benzene rings is 1. The van der Waals surface area contributed by atoms with Gasteiger partial charge in [0.15, 0.2) is 0 Å². The Kier molecular flexibility index (Phi) is 4.79. The molecule has 23 heavy (non-hydrogen) atoms. The number of ether oxygens (including phenoxy) is 1. The van der Waals surface area contributed by atoms with E-state index in [9.17, 15) is 10.1 Å². The summed E-state index contributed by atoms with van der Waals surface area (Å²) in [5.41, 5.74) is 1.85. The molecule has 118 valence electrons. The van der Waals surface area contributed by atoms with Crippen LogP contribution < -0.4 is 5.32 Å². The summed E-state index contributed by atoms with van der Waals surface area (Å²) < 4.78 is 6.41. The van der Waals surface area contributed by atoms with Crippen molar-refractivity contribution in [3.05, 3.63) is 40.0 Å². The van der Waals surface area contributed by atoms with Gasteiger partial charge in [0.05, 0.1) is 6.10 Å². The second kappa shape index (κ2) is 6.99. The highest BCUT2D eigenvalue weighted by Crippen LogP contribution is 2.24. The molecule has 0 aliphatic carbocycles. The van der Waals surface area contributed by atoms with Crippen LogP contribution in [0.5, 0.6) is 0 Å². The third kappa shape index (κ3) is 3.63. The van der Waals surface area contributed by atoms with Crippen LogP contribution in [0.2, 0.25) is 0 Å². The van der Waals surface area contributed by atoms with E-state index in [-0.39, 0.29) is 17.6 Å². The zero-order chi connectivity index (χ0) is 16.2. The lowest BCUT2D eigenvalue weighted by Crippen LogP contribution is -2.32. The summed E-state index contributed by atoms with van der Waals surface area (Å²) in [6.07, 6.45) is 5.43. The van der Waals surface area contributed by atoms with Crippen molar-refractivity contribution in [2.45, 2.75) is 18.9 Å². The summed E-state index contributed by atoms with van der Waals surface area (Å²) in [6, 6.07) is 7.81. The number of nitrogens with zero attached hydrogens (tertiary/aromatic N) is 1. The molecular weight excluding hydrogens is 358 g/mol. The zero-order valence-electron chi connectivity index (χ0n) is 12.4. The summed E-state index contributed by atoms with van der Waals surface area (Å²) in [4.78, 5) is 15.3. The standard InChI is InChI=1S/C17H16BrN3O2/c18-13-3-4-16-15(7-13)12(9-20-16)6-11(8-19)17(22)21-10-14-2-1-5-23-14/h3-4,6-7,9,14,20H,1-2,5,10H2,(H,21,22)/b11-6+/t14-/m0/s1. The molecule has 1 aliphatic rings. The Hall–Kier alpha value is -2.10. The Morgan fingerprint density at radius 2 is 2.43 bits per heavy atom. The number of aromatic amines is 1. The Morgan fingerprint density at radius 1 is 1.57 bits per heavy atom. The monoisotopic (exact) mass is 373 g/mol. The molecule has 2 N–H and O–H groups in total. The number of rotatable bonds is 4. The van der Waals surface area contributed by atoms with Gasteiger partial charge < -0.3 is 15.0 Å². The average molecular weight is 374 g/mol. The van der Waals surface area contributed by atoms with Crippen molar-refractivity contribution in [1.29, 1.82) is 5.26 Å². The average Bonchev–Trinajstić information content (AvgIpc) is 3.20. The Bertz CT molecular complexity index is 798. The number of carbonyl (C=O) groups excluding carboxylic acids is 1. The molecule has 1 aromatic carbocycles. The fraction of sp³-hybridized carbons (Fsp3) is 0.294. The van der Waals surface area contributed by atoms with Crippen molar-refractivity contribution in [3.63, 3.8) is 0 Å². The molecule has 0 spiro atoms. The van der Waals surface area contributed by atoms with Gasteiger partial charge in [0.2, 0.25) is 0 Å². The molecule has 2 heterocycles. The van der Waals surface area contributed by atoms with Crippen molar-refractivity contribution >= 4 is 38.8 Å². The molecule has 5 nitrogen and oxygen atoms in total. The third-order valence-corrected chi connectivity index (χ3v) is 4.35. The van der Waals surface area contributed by atoms with Crippen LogP contribution in [-0.2, 0) is 9.53 Å². The Balaban J connectivity index is 1.78. The van der Waals surface area contributed by atoms with Gasteiger partial charge in [0, 0.05) is 40.3 Å². The van der Waals surface area contributed by atoms with E-state index >= 15 is 0 Å². The number of amides is 1. The molecule has 0 unspecified atom stereocenters. The molecule has 1 saturated heterocycles. The molecule has 0 bridgehead atoms. The maximum Gasteiger partial charge on any atom is 0.262 e. The van der Waals surface area contributed by atoms with E-state index < -0.39 is 0 Å². The van der Waals surface area contributed by atoms with Gasteiger partial charge in [-0.1, -0.05) is 15.9 Å². The van der Waals surface area contributed by atoms with Crippen LogP contribution in [0.15, 0.2) is 34.4 Å². The normalized spacial score (nSPS) is 18.1. The summed E-state index contributed by atoms with van der Waals surface area (Å²) in [7, 11) is 0. The lowest BCUT2D eigenvalue weighted by Gasteiger charge is -2.10. The topological polar surface area (TPSA) is 77.9 Å². The molecule has 1 fully saturated rings. The van der Waals surface area contributed by atoms with Gasteiger partial charge in [-0.15, -0.1) is 0 Å². The number of halogens is 1. The minimum atomic E-state index is -0.368. The first-order valence-corrected chi connectivity index (χ1v) is 8.25.